The Hall–Kier alpha value is -2.84. The molecular formula is C18H18F3N3O3. The minimum Gasteiger partial charge on any atom is -0.477 e. The lowest BCUT2D eigenvalue weighted by Gasteiger charge is -2.18. The molecule has 1 aliphatic heterocycles. The van der Waals surface area contributed by atoms with E-state index >= 15 is 0 Å². The van der Waals surface area contributed by atoms with Gasteiger partial charge in [0.1, 0.15) is 6.10 Å². The van der Waals surface area contributed by atoms with E-state index in [0.29, 0.717) is 25.1 Å². The number of benzene rings is 1. The number of methoxy groups -OCH3 is 1. The number of halogens is 3. The molecule has 2 aromatic rings. The maximum atomic E-state index is 12.8. The Morgan fingerprint density at radius 3 is 2.70 bits per heavy atom. The summed E-state index contributed by atoms with van der Waals surface area (Å²) in [6.45, 7) is 0.794. The van der Waals surface area contributed by atoms with E-state index in [1.807, 2.05) is 0 Å². The van der Waals surface area contributed by atoms with Gasteiger partial charge in [0.05, 0.1) is 25.6 Å². The van der Waals surface area contributed by atoms with Crippen LogP contribution in [-0.4, -0.2) is 47.1 Å². The molecule has 9 heteroatoms. The summed E-state index contributed by atoms with van der Waals surface area (Å²) >= 11 is 0. The van der Waals surface area contributed by atoms with Gasteiger partial charge in [-0.1, -0.05) is 18.2 Å². The second-order valence-corrected chi connectivity index (χ2v) is 6.11. The molecule has 0 saturated carbocycles. The van der Waals surface area contributed by atoms with Crippen LogP contribution in [0.25, 0.3) is 0 Å². The predicted octanol–water partition coefficient (Wildman–Crippen LogP) is 2.73. The van der Waals surface area contributed by atoms with Gasteiger partial charge in [-0.05, 0) is 11.6 Å². The zero-order valence-electron chi connectivity index (χ0n) is 14.6. The molecule has 0 bridgehead atoms. The lowest BCUT2D eigenvalue weighted by Crippen LogP contribution is -2.32. The van der Waals surface area contributed by atoms with E-state index in [9.17, 15) is 18.0 Å². The van der Waals surface area contributed by atoms with E-state index in [1.165, 1.54) is 31.6 Å². The van der Waals surface area contributed by atoms with Crippen LogP contribution in [0.1, 0.15) is 17.5 Å². The number of aromatic nitrogens is 2. The fraction of sp³-hybridized carbons (Fsp3) is 0.389. The molecule has 1 fully saturated rings. The van der Waals surface area contributed by atoms with Crippen molar-refractivity contribution in [2.75, 3.05) is 20.2 Å². The number of amides is 1. The average Bonchev–Trinajstić information content (AvgIpc) is 3.10. The van der Waals surface area contributed by atoms with Gasteiger partial charge in [0.25, 0.3) is 11.8 Å². The fourth-order valence-corrected chi connectivity index (χ4v) is 2.89. The zero-order chi connectivity index (χ0) is 19.4. The van der Waals surface area contributed by atoms with Crippen molar-refractivity contribution >= 4 is 5.91 Å². The Balaban J connectivity index is 1.59. The van der Waals surface area contributed by atoms with Gasteiger partial charge in [0.2, 0.25) is 5.91 Å². The molecule has 1 saturated heterocycles. The van der Waals surface area contributed by atoms with E-state index in [1.54, 1.807) is 4.90 Å². The van der Waals surface area contributed by atoms with Crippen molar-refractivity contribution in [1.29, 1.82) is 0 Å². The SMILES string of the molecule is COc1nccnc1OC1CCN(C(=O)Cc2cccc(C(F)(F)F)c2)C1. The second kappa shape index (κ2) is 7.81. The Labute approximate surface area is 153 Å². The Morgan fingerprint density at radius 2 is 2.00 bits per heavy atom. The third-order valence-corrected chi connectivity index (χ3v) is 4.21. The van der Waals surface area contributed by atoms with Crippen LogP contribution in [0.3, 0.4) is 0 Å². The van der Waals surface area contributed by atoms with Crippen LogP contribution >= 0.6 is 0 Å². The van der Waals surface area contributed by atoms with Crippen molar-refractivity contribution in [2.24, 2.45) is 0 Å². The Bertz CT molecular complexity index is 814. The van der Waals surface area contributed by atoms with E-state index in [0.717, 1.165) is 12.1 Å². The summed E-state index contributed by atoms with van der Waals surface area (Å²) in [6, 6.07) is 4.82. The summed E-state index contributed by atoms with van der Waals surface area (Å²) in [5.41, 5.74) is -0.431. The number of likely N-dealkylation sites (tertiary alicyclic amines) is 1. The van der Waals surface area contributed by atoms with Crippen LogP contribution in [0.2, 0.25) is 0 Å². The first-order valence-corrected chi connectivity index (χ1v) is 8.32. The van der Waals surface area contributed by atoms with Crippen LogP contribution in [0, 0.1) is 0 Å². The highest BCUT2D eigenvalue weighted by molar-refractivity contribution is 5.79. The quantitative estimate of drug-likeness (QED) is 0.797. The number of alkyl halides is 3. The molecule has 0 aliphatic carbocycles. The van der Waals surface area contributed by atoms with Crippen molar-refractivity contribution < 1.29 is 27.4 Å². The monoisotopic (exact) mass is 381 g/mol. The summed E-state index contributed by atoms with van der Waals surface area (Å²) in [7, 11) is 1.45. The topological polar surface area (TPSA) is 64.6 Å². The molecular weight excluding hydrogens is 363 g/mol. The number of carbonyl (C=O) groups excluding carboxylic acids is 1. The normalized spacial score (nSPS) is 17.0. The molecule has 1 aromatic heterocycles. The number of ether oxygens (including phenoxy) is 2. The molecule has 1 aromatic carbocycles. The second-order valence-electron chi connectivity index (χ2n) is 6.11. The highest BCUT2D eigenvalue weighted by Crippen LogP contribution is 2.30. The molecule has 0 spiro atoms. The first kappa shape index (κ1) is 18.9. The third-order valence-electron chi connectivity index (χ3n) is 4.21. The van der Waals surface area contributed by atoms with Crippen molar-refractivity contribution in [3.8, 4) is 11.8 Å². The standard InChI is InChI=1S/C18H18F3N3O3/c1-26-16-17(23-7-6-22-16)27-14-5-8-24(11-14)15(25)10-12-3-2-4-13(9-12)18(19,20)21/h2-4,6-7,9,14H,5,8,10-11H2,1H3. The number of nitrogens with zero attached hydrogens (tertiary/aromatic N) is 3. The van der Waals surface area contributed by atoms with Gasteiger partial charge in [0.15, 0.2) is 0 Å². The highest BCUT2D eigenvalue weighted by Gasteiger charge is 2.31. The molecule has 1 unspecified atom stereocenters. The number of hydrogen-bond acceptors (Lipinski definition) is 5. The number of rotatable bonds is 5. The van der Waals surface area contributed by atoms with Gasteiger partial charge in [-0.15, -0.1) is 0 Å². The van der Waals surface area contributed by atoms with Gasteiger partial charge in [-0.3, -0.25) is 4.79 Å². The number of hydrogen-bond donors (Lipinski definition) is 0. The van der Waals surface area contributed by atoms with Crippen LogP contribution < -0.4 is 9.47 Å². The molecule has 144 valence electrons. The molecule has 27 heavy (non-hydrogen) atoms. The molecule has 1 atom stereocenters. The van der Waals surface area contributed by atoms with E-state index in [-0.39, 0.29) is 30.2 Å². The van der Waals surface area contributed by atoms with Gasteiger partial charge >= 0.3 is 6.18 Å². The van der Waals surface area contributed by atoms with E-state index in [2.05, 4.69) is 9.97 Å². The minimum atomic E-state index is -4.43. The summed E-state index contributed by atoms with van der Waals surface area (Å²) in [4.78, 5) is 22.1. The van der Waals surface area contributed by atoms with E-state index < -0.39 is 11.7 Å². The maximum absolute atomic E-state index is 12.8. The van der Waals surface area contributed by atoms with Crippen LogP contribution in [0.15, 0.2) is 36.7 Å². The molecule has 6 nitrogen and oxygen atoms in total. The van der Waals surface area contributed by atoms with Crippen LogP contribution in [-0.2, 0) is 17.4 Å². The molecule has 1 aliphatic rings. The van der Waals surface area contributed by atoms with Gasteiger partial charge in [0, 0.05) is 25.4 Å². The summed E-state index contributed by atoms with van der Waals surface area (Å²) in [5, 5.41) is 0. The summed E-state index contributed by atoms with van der Waals surface area (Å²) < 4.78 is 49.2. The minimum absolute atomic E-state index is 0.0922. The number of carbonyl (C=O) groups is 1. The first-order chi connectivity index (χ1) is 12.9. The molecule has 0 radical (unpaired) electrons. The fourth-order valence-electron chi connectivity index (χ4n) is 2.89. The van der Waals surface area contributed by atoms with Crippen molar-refractivity contribution in [3.63, 3.8) is 0 Å². The lowest BCUT2D eigenvalue weighted by atomic mass is 10.1. The molecule has 3 rings (SSSR count). The van der Waals surface area contributed by atoms with E-state index in [4.69, 9.17) is 9.47 Å². The van der Waals surface area contributed by atoms with Gasteiger partial charge < -0.3 is 14.4 Å². The van der Waals surface area contributed by atoms with Gasteiger partial charge in [-0.2, -0.15) is 13.2 Å². The maximum Gasteiger partial charge on any atom is 0.416 e. The van der Waals surface area contributed by atoms with Crippen LogP contribution in [0.4, 0.5) is 13.2 Å². The smallest absolute Gasteiger partial charge is 0.416 e. The highest BCUT2D eigenvalue weighted by atomic mass is 19.4. The molecule has 2 heterocycles. The summed E-state index contributed by atoms with van der Waals surface area (Å²) in [6.07, 6.45) is -1.25. The Morgan fingerprint density at radius 1 is 1.26 bits per heavy atom. The van der Waals surface area contributed by atoms with Crippen LogP contribution in [0.5, 0.6) is 11.8 Å². The van der Waals surface area contributed by atoms with Crippen molar-refractivity contribution in [1.82, 2.24) is 14.9 Å². The van der Waals surface area contributed by atoms with Gasteiger partial charge in [-0.25, -0.2) is 9.97 Å². The average molecular weight is 381 g/mol. The predicted molar refractivity (Wildman–Crippen MR) is 89.3 cm³/mol. The largest absolute Gasteiger partial charge is 0.477 e. The molecule has 0 N–H and O–H groups in total. The lowest BCUT2D eigenvalue weighted by molar-refractivity contribution is -0.138. The first-order valence-electron chi connectivity index (χ1n) is 8.32. The molecule has 1 amide bonds. The Kier molecular flexibility index (Phi) is 5.48. The zero-order valence-corrected chi connectivity index (χ0v) is 14.6. The van der Waals surface area contributed by atoms with Crippen molar-refractivity contribution in [2.45, 2.75) is 25.1 Å². The third kappa shape index (κ3) is 4.66. The summed E-state index contributed by atoms with van der Waals surface area (Å²) in [5.74, 6) is 0.259. The van der Waals surface area contributed by atoms with Crippen molar-refractivity contribution in [3.05, 3.63) is 47.8 Å².